The van der Waals surface area contributed by atoms with Crippen molar-refractivity contribution in [1.29, 1.82) is 0 Å². The lowest BCUT2D eigenvalue weighted by molar-refractivity contribution is 0.0954. The van der Waals surface area contributed by atoms with Crippen LogP contribution in [0, 0.1) is 0 Å². The van der Waals surface area contributed by atoms with E-state index < -0.39 is 0 Å². The van der Waals surface area contributed by atoms with E-state index in [2.05, 4.69) is 15.3 Å². The van der Waals surface area contributed by atoms with Crippen LogP contribution in [0.1, 0.15) is 15.4 Å². The summed E-state index contributed by atoms with van der Waals surface area (Å²) < 4.78 is 0. The van der Waals surface area contributed by atoms with E-state index in [1.54, 1.807) is 41.9 Å². The minimum absolute atomic E-state index is 0.183. The highest BCUT2D eigenvalue weighted by atomic mass is 35.5. The van der Waals surface area contributed by atoms with Crippen LogP contribution in [0.3, 0.4) is 0 Å². The number of benzene rings is 1. The minimum atomic E-state index is -0.183. The van der Waals surface area contributed by atoms with E-state index in [0.717, 1.165) is 16.3 Å². The van der Waals surface area contributed by atoms with Crippen molar-refractivity contribution in [2.75, 3.05) is 6.54 Å². The van der Waals surface area contributed by atoms with Crippen LogP contribution in [0.2, 0.25) is 10.0 Å². The second-order valence-electron chi connectivity index (χ2n) is 5.00. The number of rotatable bonds is 5. The van der Waals surface area contributed by atoms with Gasteiger partial charge in [0.2, 0.25) is 0 Å². The first-order valence-corrected chi connectivity index (χ1v) is 8.85. The topological polar surface area (TPSA) is 54.9 Å². The van der Waals surface area contributed by atoms with Crippen molar-refractivity contribution >= 4 is 40.4 Å². The molecular weight excluding hydrogens is 365 g/mol. The Balaban J connectivity index is 1.56. The average molecular weight is 378 g/mol. The van der Waals surface area contributed by atoms with Crippen LogP contribution in [0.15, 0.2) is 48.1 Å². The van der Waals surface area contributed by atoms with Crippen molar-refractivity contribution in [1.82, 2.24) is 15.3 Å². The molecule has 1 amide bonds. The predicted molar refractivity (Wildman–Crippen MR) is 97.8 cm³/mol. The number of carbonyl (C=O) groups is 1. The maximum atomic E-state index is 12.1. The summed E-state index contributed by atoms with van der Waals surface area (Å²) in [6.07, 6.45) is 4.18. The van der Waals surface area contributed by atoms with Gasteiger partial charge in [-0.05, 0) is 30.3 Å². The Hall–Kier alpha value is -1.95. The van der Waals surface area contributed by atoms with Crippen molar-refractivity contribution in [2.24, 2.45) is 0 Å². The highest BCUT2D eigenvalue weighted by molar-refractivity contribution is 7.09. The molecule has 0 saturated heterocycles. The maximum Gasteiger partial charge on any atom is 0.251 e. The Morgan fingerprint density at radius 3 is 2.83 bits per heavy atom. The predicted octanol–water partition coefficient (Wildman–Crippen LogP) is 4.48. The summed E-state index contributed by atoms with van der Waals surface area (Å²) in [6, 6.07) is 8.67. The largest absolute Gasteiger partial charge is 0.352 e. The van der Waals surface area contributed by atoms with Gasteiger partial charge in [-0.25, -0.2) is 4.98 Å². The molecule has 0 fully saturated rings. The zero-order chi connectivity index (χ0) is 16.9. The number of hydrogen-bond acceptors (Lipinski definition) is 4. The van der Waals surface area contributed by atoms with E-state index in [4.69, 9.17) is 23.2 Å². The van der Waals surface area contributed by atoms with E-state index >= 15 is 0 Å². The van der Waals surface area contributed by atoms with Crippen LogP contribution in [0.5, 0.6) is 0 Å². The lowest BCUT2D eigenvalue weighted by Gasteiger charge is -2.05. The van der Waals surface area contributed by atoms with Gasteiger partial charge in [-0.1, -0.05) is 23.2 Å². The molecule has 0 aliphatic carbocycles. The molecule has 0 bridgehead atoms. The summed E-state index contributed by atoms with van der Waals surface area (Å²) >= 11 is 13.3. The van der Waals surface area contributed by atoms with Gasteiger partial charge in [0.25, 0.3) is 5.91 Å². The fourth-order valence-corrected chi connectivity index (χ4v) is 3.20. The van der Waals surface area contributed by atoms with E-state index in [-0.39, 0.29) is 5.91 Å². The first-order valence-electron chi connectivity index (χ1n) is 7.21. The molecular formula is C17H13Cl2N3OS. The maximum absolute atomic E-state index is 12.1. The summed E-state index contributed by atoms with van der Waals surface area (Å²) in [5.74, 6) is -0.183. The van der Waals surface area contributed by atoms with Gasteiger partial charge in [-0.15, -0.1) is 11.3 Å². The van der Waals surface area contributed by atoms with Crippen LogP contribution in [-0.2, 0) is 6.42 Å². The molecule has 122 valence electrons. The second-order valence-corrected chi connectivity index (χ2v) is 6.76. The van der Waals surface area contributed by atoms with Gasteiger partial charge in [-0.3, -0.25) is 9.78 Å². The van der Waals surface area contributed by atoms with Gasteiger partial charge < -0.3 is 5.32 Å². The molecule has 2 aromatic heterocycles. The zero-order valence-corrected chi connectivity index (χ0v) is 14.8. The molecule has 4 nitrogen and oxygen atoms in total. The SMILES string of the molecule is O=C(NCCc1nc(-c2cccnc2)cs1)c1ccc(Cl)c(Cl)c1. The lowest BCUT2D eigenvalue weighted by atomic mass is 10.2. The van der Waals surface area contributed by atoms with Crippen LogP contribution in [-0.4, -0.2) is 22.4 Å². The summed E-state index contributed by atoms with van der Waals surface area (Å²) in [4.78, 5) is 20.7. The summed E-state index contributed by atoms with van der Waals surface area (Å²) in [6.45, 7) is 0.499. The molecule has 3 aromatic rings. The smallest absolute Gasteiger partial charge is 0.251 e. The zero-order valence-electron chi connectivity index (χ0n) is 12.5. The monoisotopic (exact) mass is 377 g/mol. The number of carbonyl (C=O) groups excluding carboxylic acids is 1. The highest BCUT2D eigenvalue weighted by Crippen LogP contribution is 2.23. The first kappa shape index (κ1) is 16.9. The molecule has 0 aliphatic heterocycles. The molecule has 1 N–H and O–H groups in total. The Labute approximate surface area is 153 Å². The average Bonchev–Trinajstić information content (AvgIpc) is 3.07. The fourth-order valence-electron chi connectivity index (χ4n) is 2.09. The number of thiazole rings is 1. The second kappa shape index (κ2) is 7.75. The van der Waals surface area contributed by atoms with Gasteiger partial charge in [0, 0.05) is 41.9 Å². The van der Waals surface area contributed by atoms with Crippen LogP contribution >= 0.6 is 34.5 Å². The van der Waals surface area contributed by atoms with Crippen molar-refractivity contribution in [2.45, 2.75) is 6.42 Å². The number of pyridine rings is 1. The normalized spacial score (nSPS) is 10.6. The van der Waals surface area contributed by atoms with Crippen molar-refractivity contribution < 1.29 is 4.79 Å². The fraction of sp³-hybridized carbons (Fsp3) is 0.118. The standard InChI is InChI=1S/C17H13Cl2N3OS/c18-13-4-3-11(8-14(13)19)17(23)21-7-5-16-22-15(10-24-16)12-2-1-6-20-9-12/h1-4,6,8-10H,5,7H2,(H,21,23). The van der Waals surface area contributed by atoms with Gasteiger partial charge in [0.1, 0.15) is 0 Å². The van der Waals surface area contributed by atoms with Crippen molar-refractivity contribution in [3.63, 3.8) is 0 Å². The Kier molecular flexibility index (Phi) is 5.45. The number of amides is 1. The van der Waals surface area contributed by atoms with Crippen LogP contribution < -0.4 is 5.32 Å². The van der Waals surface area contributed by atoms with E-state index in [0.29, 0.717) is 28.6 Å². The molecule has 0 atom stereocenters. The molecule has 0 spiro atoms. The molecule has 0 radical (unpaired) electrons. The van der Waals surface area contributed by atoms with Gasteiger partial charge in [0.05, 0.1) is 20.7 Å². The van der Waals surface area contributed by atoms with E-state index in [9.17, 15) is 4.79 Å². The van der Waals surface area contributed by atoms with Gasteiger partial charge >= 0.3 is 0 Å². The minimum Gasteiger partial charge on any atom is -0.352 e. The molecule has 1 aromatic carbocycles. The lowest BCUT2D eigenvalue weighted by Crippen LogP contribution is -2.25. The number of halogens is 2. The number of hydrogen-bond donors (Lipinski definition) is 1. The van der Waals surface area contributed by atoms with Crippen molar-refractivity contribution in [3.8, 4) is 11.3 Å². The quantitative estimate of drug-likeness (QED) is 0.712. The van der Waals surface area contributed by atoms with E-state index in [1.807, 2.05) is 17.5 Å². The van der Waals surface area contributed by atoms with Crippen LogP contribution in [0.25, 0.3) is 11.3 Å². The Morgan fingerprint density at radius 2 is 2.08 bits per heavy atom. The Bertz CT molecular complexity index is 852. The molecule has 2 heterocycles. The highest BCUT2D eigenvalue weighted by Gasteiger charge is 2.09. The van der Waals surface area contributed by atoms with Crippen LogP contribution in [0.4, 0.5) is 0 Å². The third-order valence-corrected chi connectivity index (χ3v) is 4.96. The third-order valence-electron chi connectivity index (χ3n) is 3.32. The van der Waals surface area contributed by atoms with E-state index in [1.165, 1.54) is 0 Å². The van der Waals surface area contributed by atoms with Gasteiger partial charge in [-0.2, -0.15) is 0 Å². The molecule has 24 heavy (non-hydrogen) atoms. The number of aromatic nitrogens is 2. The molecule has 0 unspecified atom stereocenters. The molecule has 7 heteroatoms. The summed E-state index contributed by atoms with van der Waals surface area (Å²) in [7, 11) is 0. The summed E-state index contributed by atoms with van der Waals surface area (Å²) in [5.41, 5.74) is 2.37. The number of nitrogens with zero attached hydrogens (tertiary/aromatic N) is 2. The molecule has 3 rings (SSSR count). The number of nitrogens with one attached hydrogen (secondary N) is 1. The Morgan fingerprint density at radius 1 is 1.21 bits per heavy atom. The third kappa shape index (κ3) is 4.12. The van der Waals surface area contributed by atoms with Gasteiger partial charge in [0.15, 0.2) is 0 Å². The molecule has 0 saturated carbocycles. The summed E-state index contributed by atoms with van der Waals surface area (Å²) in [5, 5.41) is 6.61. The first-order chi connectivity index (χ1) is 11.6. The molecule has 0 aliphatic rings. The van der Waals surface area contributed by atoms with Crippen molar-refractivity contribution in [3.05, 3.63) is 68.7 Å².